The largest absolute Gasteiger partial charge is 0.384 e. The second kappa shape index (κ2) is 4.17. The maximum absolute atomic E-state index is 11.1. The smallest absolute Gasteiger partial charge is 0.251 e. The normalized spacial score (nSPS) is 15.9. The molecule has 0 atom stereocenters. The Balaban J connectivity index is 2.15. The first kappa shape index (κ1) is 12.4. The molecule has 1 aliphatic carbocycles. The van der Waals surface area contributed by atoms with E-state index in [1.807, 2.05) is 23.0 Å². The zero-order valence-electron chi connectivity index (χ0n) is 11.2. The molecule has 1 radical (unpaired) electrons. The van der Waals surface area contributed by atoms with Crippen LogP contribution >= 0.6 is 0 Å². The molecule has 1 N–H and O–H groups in total. The Morgan fingerprint density at radius 1 is 1.47 bits per heavy atom. The molecule has 0 bridgehead atoms. The van der Waals surface area contributed by atoms with Gasteiger partial charge in [-0.15, -0.1) is 0 Å². The van der Waals surface area contributed by atoms with Crippen LogP contribution in [0.2, 0.25) is 0 Å². The molecule has 99 valence electrons. The summed E-state index contributed by atoms with van der Waals surface area (Å²) in [6, 6.07) is 5.52. The maximum Gasteiger partial charge on any atom is 0.251 e. The Bertz CT molecular complexity index is 633. The van der Waals surface area contributed by atoms with Crippen LogP contribution < -0.4 is 0 Å². The van der Waals surface area contributed by atoms with Crippen molar-refractivity contribution >= 4 is 17.3 Å². The number of carbonyl (C=O) groups excluding carboxylic acids is 1. The number of aliphatic hydroxyl groups is 1. The molecule has 0 aromatic carbocycles. The average Bonchev–Trinajstić information content (AvgIpc) is 3.09. The van der Waals surface area contributed by atoms with E-state index in [4.69, 9.17) is 0 Å². The Morgan fingerprint density at radius 2 is 2.21 bits per heavy atom. The molecule has 2 aromatic rings. The van der Waals surface area contributed by atoms with Crippen LogP contribution in [0.1, 0.15) is 38.1 Å². The fraction of sp³-hybridized carbons (Fsp3) is 0.467. The van der Waals surface area contributed by atoms with Crippen LogP contribution in [0.3, 0.4) is 0 Å². The molecular weight excluding hydrogens is 240 g/mol. The molecule has 1 aliphatic rings. The predicted octanol–water partition coefficient (Wildman–Crippen LogP) is 2.13. The minimum absolute atomic E-state index is 0.544. The highest BCUT2D eigenvalue weighted by Crippen LogP contribution is 2.33. The second-order valence-electron chi connectivity index (χ2n) is 5.85. The first-order valence-corrected chi connectivity index (χ1v) is 6.60. The summed E-state index contributed by atoms with van der Waals surface area (Å²) in [4.78, 5) is 15.6. The van der Waals surface area contributed by atoms with Gasteiger partial charge in [0, 0.05) is 11.9 Å². The zero-order chi connectivity index (χ0) is 13.6. The maximum atomic E-state index is 11.1. The van der Waals surface area contributed by atoms with Crippen LogP contribution in [0, 0.1) is 5.92 Å². The van der Waals surface area contributed by atoms with Gasteiger partial charge in [-0.2, -0.15) is 0 Å². The predicted molar refractivity (Wildman–Crippen MR) is 72.5 cm³/mol. The topological polar surface area (TPSA) is 55.1 Å². The monoisotopic (exact) mass is 257 g/mol. The lowest BCUT2D eigenvalue weighted by Crippen LogP contribution is -2.18. The van der Waals surface area contributed by atoms with E-state index in [1.165, 1.54) is 12.8 Å². The molecule has 19 heavy (non-hydrogen) atoms. The summed E-state index contributed by atoms with van der Waals surface area (Å²) in [5, 5.41) is 11.0. The highest BCUT2D eigenvalue weighted by atomic mass is 16.3. The first-order chi connectivity index (χ1) is 8.99. The number of hydrogen-bond acceptors (Lipinski definition) is 3. The molecule has 0 amide bonds. The van der Waals surface area contributed by atoms with Crippen LogP contribution in [0.15, 0.2) is 18.2 Å². The number of rotatable bonds is 4. The molecule has 4 nitrogen and oxygen atoms in total. The number of fused-ring (bicyclic) bond motifs is 1. The van der Waals surface area contributed by atoms with Crippen LogP contribution in [0.4, 0.5) is 0 Å². The van der Waals surface area contributed by atoms with E-state index in [0.29, 0.717) is 17.3 Å². The Hall–Kier alpha value is -1.68. The fourth-order valence-electron chi connectivity index (χ4n) is 2.30. The van der Waals surface area contributed by atoms with Crippen molar-refractivity contribution in [3.8, 4) is 0 Å². The minimum Gasteiger partial charge on any atom is -0.384 e. The van der Waals surface area contributed by atoms with Gasteiger partial charge in [0.05, 0.1) is 11.4 Å². The van der Waals surface area contributed by atoms with Gasteiger partial charge < -0.3 is 9.67 Å². The van der Waals surface area contributed by atoms with Crippen LogP contribution in [0.5, 0.6) is 0 Å². The number of nitrogens with zero attached hydrogens (tertiary/aromatic N) is 2. The van der Waals surface area contributed by atoms with Gasteiger partial charge in [0.1, 0.15) is 11.2 Å². The number of hydrogen-bond donors (Lipinski definition) is 1. The van der Waals surface area contributed by atoms with Gasteiger partial charge in [-0.25, -0.2) is 4.98 Å². The van der Waals surface area contributed by atoms with Crippen LogP contribution in [-0.4, -0.2) is 20.9 Å². The van der Waals surface area contributed by atoms with E-state index in [2.05, 4.69) is 4.98 Å². The van der Waals surface area contributed by atoms with Crippen molar-refractivity contribution < 1.29 is 9.90 Å². The van der Waals surface area contributed by atoms with Gasteiger partial charge in [-0.1, -0.05) is 0 Å². The van der Waals surface area contributed by atoms with Gasteiger partial charge in [-0.3, -0.25) is 4.79 Å². The van der Waals surface area contributed by atoms with Crippen molar-refractivity contribution in [2.45, 2.75) is 38.8 Å². The van der Waals surface area contributed by atoms with Crippen molar-refractivity contribution in [2.75, 3.05) is 0 Å². The highest BCUT2D eigenvalue weighted by Gasteiger charge is 2.25. The molecule has 0 aliphatic heterocycles. The number of aromatic nitrogens is 2. The molecule has 2 heterocycles. The van der Waals surface area contributed by atoms with E-state index in [0.717, 1.165) is 17.6 Å². The summed E-state index contributed by atoms with van der Waals surface area (Å²) >= 11 is 0. The molecule has 0 unspecified atom stereocenters. The summed E-state index contributed by atoms with van der Waals surface area (Å²) < 4.78 is 1.93. The van der Waals surface area contributed by atoms with Gasteiger partial charge >= 0.3 is 0 Å². The molecule has 0 saturated heterocycles. The Kier molecular flexibility index (Phi) is 2.71. The van der Waals surface area contributed by atoms with E-state index in [9.17, 15) is 9.90 Å². The Labute approximate surface area is 112 Å². The summed E-state index contributed by atoms with van der Waals surface area (Å²) in [7, 11) is 0. The minimum atomic E-state index is -0.978. The second-order valence-corrected chi connectivity index (χ2v) is 5.85. The molecule has 4 heteroatoms. The standard InChI is InChI=1S/C15H17N2O2/c1-15(2,19)13-6-5-11-7-12(9-18)17(14(11)16-13)8-10-3-4-10/h5-7,10,19H,3-4,8H2,1-2H3. The third kappa shape index (κ3) is 2.28. The third-order valence-electron chi connectivity index (χ3n) is 3.61. The third-order valence-corrected chi connectivity index (χ3v) is 3.61. The van der Waals surface area contributed by atoms with E-state index < -0.39 is 5.60 Å². The highest BCUT2D eigenvalue weighted by molar-refractivity contribution is 5.87. The van der Waals surface area contributed by atoms with Crippen LogP contribution in [0.25, 0.3) is 11.0 Å². The quantitative estimate of drug-likeness (QED) is 0.913. The van der Waals surface area contributed by atoms with E-state index in [1.54, 1.807) is 19.9 Å². The van der Waals surface area contributed by atoms with E-state index in [-0.39, 0.29) is 0 Å². The van der Waals surface area contributed by atoms with Crippen molar-refractivity contribution in [1.82, 2.24) is 9.55 Å². The first-order valence-electron chi connectivity index (χ1n) is 6.60. The molecule has 0 spiro atoms. The fourth-order valence-corrected chi connectivity index (χ4v) is 2.30. The average molecular weight is 257 g/mol. The summed E-state index contributed by atoms with van der Waals surface area (Å²) in [5.74, 6) is 0.648. The van der Waals surface area contributed by atoms with Crippen molar-refractivity contribution in [3.63, 3.8) is 0 Å². The number of pyridine rings is 1. The van der Waals surface area contributed by atoms with Gasteiger partial charge in [-0.05, 0) is 50.8 Å². The van der Waals surface area contributed by atoms with Crippen LogP contribution in [-0.2, 0) is 16.9 Å². The molecule has 3 rings (SSSR count). The van der Waals surface area contributed by atoms with Crippen molar-refractivity contribution in [2.24, 2.45) is 5.92 Å². The summed E-state index contributed by atoms with van der Waals surface area (Å²) in [6.07, 6.45) is 4.41. The Morgan fingerprint density at radius 3 is 2.79 bits per heavy atom. The van der Waals surface area contributed by atoms with E-state index >= 15 is 0 Å². The molecule has 1 saturated carbocycles. The lowest BCUT2D eigenvalue weighted by atomic mass is 10.0. The summed E-state index contributed by atoms with van der Waals surface area (Å²) in [5.41, 5.74) is 0.952. The van der Waals surface area contributed by atoms with Gasteiger partial charge in [0.25, 0.3) is 6.29 Å². The SMILES string of the molecule is CC(C)(O)c1ccc2cc([C]=O)n(CC3CC3)c2n1. The lowest BCUT2D eigenvalue weighted by molar-refractivity contribution is 0.0741. The molecule has 2 aromatic heterocycles. The summed E-state index contributed by atoms with van der Waals surface area (Å²) in [6.45, 7) is 4.24. The molecular formula is C15H17N2O2. The van der Waals surface area contributed by atoms with Gasteiger partial charge in [0.2, 0.25) is 0 Å². The van der Waals surface area contributed by atoms with Gasteiger partial charge in [0.15, 0.2) is 0 Å². The zero-order valence-corrected chi connectivity index (χ0v) is 11.2. The molecule has 1 fully saturated rings. The van der Waals surface area contributed by atoms with Crippen molar-refractivity contribution in [1.29, 1.82) is 0 Å². The van der Waals surface area contributed by atoms with Crippen molar-refractivity contribution in [3.05, 3.63) is 29.6 Å². The lowest BCUT2D eigenvalue weighted by Gasteiger charge is -2.16.